The van der Waals surface area contributed by atoms with Crippen molar-refractivity contribution in [1.29, 1.82) is 0 Å². The van der Waals surface area contributed by atoms with Crippen LogP contribution in [-0.4, -0.2) is 22.2 Å². The van der Waals surface area contributed by atoms with E-state index < -0.39 is 4.92 Å². The maximum Gasteiger partial charge on any atom is 0.269 e. The van der Waals surface area contributed by atoms with E-state index in [4.69, 9.17) is 9.26 Å². The SMILES string of the molecule is COc1cccc(-c2noc(Cc3ccc([N+](=O)[O-])cc3)n2)c1. The third kappa shape index (κ3) is 3.34. The molecule has 0 fully saturated rings. The second kappa shape index (κ2) is 6.27. The minimum Gasteiger partial charge on any atom is -0.497 e. The van der Waals surface area contributed by atoms with E-state index in [0.29, 0.717) is 23.9 Å². The Morgan fingerprint density at radius 3 is 2.70 bits per heavy atom. The van der Waals surface area contributed by atoms with Crippen LogP contribution >= 0.6 is 0 Å². The molecule has 7 nitrogen and oxygen atoms in total. The Morgan fingerprint density at radius 2 is 2.00 bits per heavy atom. The quantitative estimate of drug-likeness (QED) is 0.530. The van der Waals surface area contributed by atoms with Gasteiger partial charge >= 0.3 is 0 Å². The van der Waals surface area contributed by atoms with Gasteiger partial charge in [0.1, 0.15) is 5.75 Å². The van der Waals surface area contributed by atoms with Crippen molar-refractivity contribution in [3.8, 4) is 17.1 Å². The zero-order chi connectivity index (χ0) is 16.2. The number of nitrogens with zero attached hydrogens (tertiary/aromatic N) is 3. The van der Waals surface area contributed by atoms with Gasteiger partial charge in [-0.25, -0.2) is 0 Å². The van der Waals surface area contributed by atoms with Crippen LogP contribution in [0, 0.1) is 10.1 Å². The fraction of sp³-hybridized carbons (Fsp3) is 0.125. The van der Waals surface area contributed by atoms with Gasteiger partial charge in [0.25, 0.3) is 5.69 Å². The summed E-state index contributed by atoms with van der Waals surface area (Å²) in [6.45, 7) is 0. The molecule has 0 aliphatic carbocycles. The number of benzene rings is 2. The summed E-state index contributed by atoms with van der Waals surface area (Å²) in [5, 5.41) is 14.6. The van der Waals surface area contributed by atoms with Crippen LogP contribution in [0.15, 0.2) is 53.1 Å². The number of methoxy groups -OCH3 is 1. The zero-order valence-corrected chi connectivity index (χ0v) is 12.3. The average molecular weight is 311 g/mol. The molecule has 1 heterocycles. The molecule has 116 valence electrons. The van der Waals surface area contributed by atoms with Gasteiger partial charge in [-0.15, -0.1) is 0 Å². The number of nitro benzene ring substituents is 1. The third-order valence-electron chi connectivity index (χ3n) is 3.30. The molecule has 23 heavy (non-hydrogen) atoms. The number of hydrogen-bond acceptors (Lipinski definition) is 6. The molecule has 7 heteroatoms. The normalized spacial score (nSPS) is 10.5. The number of aromatic nitrogens is 2. The van der Waals surface area contributed by atoms with Crippen LogP contribution in [0.25, 0.3) is 11.4 Å². The third-order valence-corrected chi connectivity index (χ3v) is 3.30. The Morgan fingerprint density at radius 1 is 1.22 bits per heavy atom. The molecule has 0 aliphatic rings. The molecule has 0 bridgehead atoms. The minimum absolute atomic E-state index is 0.0522. The standard InChI is InChI=1S/C16H13N3O4/c1-22-14-4-2-3-12(10-14)16-17-15(23-18-16)9-11-5-7-13(8-6-11)19(20)21/h2-8,10H,9H2,1H3. The van der Waals surface area contributed by atoms with Gasteiger partial charge in [-0.1, -0.05) is 29.4 Å². The van der Waals surface area contributed by atoms with Crippen molar-refractivity contribution in [2.45, 2.75) is 6.42 Å². The van der Waals surface area contributed by atoms with Crippen molar-refractivity contribution in [3.63, 3.8) is 0 Å². The molecule has 0 saturated carbocycles. The molecule has 0 radical (unpaired) electrons. The predicted octanol–water partition coefficient (Wildman–Crippen LogP) is 3.24. The van der Waals surface area contributed by atoms with Gasteiger partial charge in [0.2, 0.25) is 11.7 Å². The van der Waals surface area contributed by atoms with E-state index in [1.54, 1.807) is 19.2 Å². The van der Waals surface area contributed by atoms with Crippen LogP contribution in [0.3, 0.4) is 0 Å². The molecule has 3 rings (SSSR count). The monoisotopic (exact) mass is 311 g/mol. The topological polar surface area (TPSA) is 91.3 Å². The highest BCUT2D eigenvalue weighted by Crippen LogP contribution is 2.22. The summed E-state index contributed by atoms with van der Waals surface area (Å²) in [5.74, 6) is 1.63. The number of rotatable bonds is 5. The smallest absolute Gasteiger partial charge is 0.269 e. The van der Waals surface area contributed by atoms with E-state index in [9.17, 15) is 10.1 Å². The molecule has 2 aromatic carbocycles. The van der Waals surface area contributed by atoms with Crippen LogP contribution in [0.1, 0.15) is 11.5 Å². The van der Waals surface area contributed by atoms with Gasteiger partial charge < -0.3 is 9.26 Å². The summed E-state index contributed by atoms with van der Waals surface area (Å²) in [7, 11) is 1.59. The Balaban J connectivity index is 1.77. The van der Waals surface area contributed by atoms with Crippen molar-refractivity contribution in [2.24, 2.45) is 0 Å². The second-order valence-corrected chi connectivity index (χ2v) is 4.84. The van der Waals surface area contributed by atoms with Crippen molar-refractivity contribution >= 4 is 5.69 Å². The highest BCUT2D eigenvalue weighted by atomic mass is 16.6. The molecular formula is C16H13N3O4. The summed E-state index contributed by atoms with van der Waals surface area (Å²) in [6, 6.07) is 13.6. The Kier molecular flexibility index (Phi) is 4.01. The van der Waals surface area contributed by atoms with Crippen LogP contribution in [0.2, 0.25) is 0 Å². The fourth-order valence-corrected chi connectivity index (χ4v) is 2.12. The first-order valence-corrected chi connectivity index (χ1v) is 6.86. The van der Waals surface area contributed by atoms with E-state index in [2.05, 4.69) is 10.1 Å². The van der Waals surface area contributed by atoms with E-state index in [-0.39, 0.29) is 5.69 Å². The van der Waals surface area contributed by atoms with Crippen molar-refractivity contribution in [1.82, 2.24) is 10.1 Å². The van der Waals surface area contributed by atoms with Crippen molar-refractivity contribution < 1.29 is 14.2 Å². The summed E-state index contributed by atoms with van der Waals surface area (Å²) in [6.07, 6.45) is 0.412. The van der Waals surface area contributed by atoms with Gasteiger partial charge in [0, 0.05) is 17.7 Å². The highest BCUT2D eigenvalue weighted by molar-refractivity contribution is 5.56. The van der Waals surface area contributed by atoms with E-state index in [1.807, 2.05) is 24.3 Å². The molecule has 0 saturated heterocycles. The Bertz CT molecular complexity index is 827. The largest absolute Gasteiger partial charge is 0.497 e. The van der Waals surface area contributed by atoms with E-state index >= 15 is 0 Å². The predicted molar refractivity (Wildman–Crippen MR) is 82.2 cm³/mol. The maximum absolute atomic E-state index is 10.6. The molecule has 0 N–H and O–H groups in total. The molecule has 0 atom stereocenters. The average Bonchev–Trinajstić information content (AvgIpc) is 3.04. The highest BCUT2D eigenvalue weighted by Gasteiger charge is 2.11. The summed E-state index contributed by atoms with van der Waals surface area (Å²) in [5.41, 5.74) is 1.70. The molecule has 3 aromatic rings. The molecular weight excluding hydrogens is 298 g/mol. The van der Waals surface area contributed by atoms with E-state index in [0.717, 1.165) is 11.1 Å². The number of nitro groups is 1. The lowest BCUT2D eigenvalue weighted by Crippen LogP contribution is -1.91. The Hall–Kier alpha value is -3.22. The van der Waals surface area contributed by atoms with Gasteiger partial charge in [0.05, 0.1) is 18.5 Å². The summed E-state index contributed by atoms with van der Waals surface area (Å²) >= 11 is 0. The number of hydrogen-bond donors (Lipinski definition) is 0. The Labute approximate surface area is 131 Å². The maximum atomic E-state index is 10.6. The minimum atomic E-state index is -0.433. The van der Waals surface area contributed by atoms with Gasteiger partial charge in [-0.05, 0) is 17.7 Å². The van der Waals surface area contributed by atoms with Gasteiger partial charge in [-0.3, -0.25) is 10.1 Å². The van der Waals surface area contributed by atoms with Gasteiger partial charge in [-0.2, -0.15) is 4.98 Å². The molecule has 0 aliphatic heterocycles. The van der Waals surface area contributed by atoms with Gasteiger partial charge in [0.15, 0.2) is 0 Å². The molecule has 1 aromatic heterocycles. The fourth-order valence-electron chi connectivity index (χ4n) is 2.12. The first kappa shape index (κ1) is 14.7. The number of ether oxygens (including phenoxy) is 1. The first-order valence-electron chi connectivity index (χ1n) is 6.86. The summed E-state index contributed by atoms with van der Waals surface area (Å²) < 4.78 is 10.4. The van der Waals surface area contributed by atoms with E-state index in [1.165, 1.54) is 12.1 Å². The van der Waals surface area contributed by atoms with Crippen LogP contribution in [0.5, 0.6) is 5.75 Å². The zero-order valence-electron chi connectivity index (χ0n) is 12.3. The van der Waals surface area contributed by atoms with Crippen LogP contribution in [-0.2, 0) is 6.42 Å². The van der Waals surface area contributed by atoms with Crippen LogP contribution in [0.4, 0.5) is 5.69 Å². The summed E-state index contributed by atoms with van der Waals surface area (Å²) in [4.78, 5) is 14.5. The lowest BCUT2D eigenvalue weighted by atomic mass is 10.1. The molecule has 0 unspecified atom stereocenters. The molecule has 0 amide bonds. The van der Waals surface area contributed by atoms with Crippen LogP contribution < -0.4 is 4.74 Å². The first-order chi connectivity index (χ1) is 11.2. The number of non-ortho nitro benzene ring substituents is 1. The van der Waals surface area contributed by atoms with Crippen molar-refractivity contribution in [3.05, 3.63) is 70.1 Å². The molecule has 0 spiro atoms. The lowest BCUT2D eigenvalue weighted by Gasteiger charge is -1.99. The van der Waals surface area contributed by atoms with Crippen molar-refractivity contribution in [2.75, 3.05) is 7.11 Å². The lowest BCUT2D eigenvalue weighted by molar-refractivity contribution is -0.384. The second-order valence-electron chi connectivity index (χ2n) is 4.84.